The molecule has 0 unspecified atom stereocenters. The summed E-state index contributed by atoms with van der Waals surface area (Å²) in [4.78, 5) is 75.7. The summed E-state index contributed by atoms with van der Waals surface area (Å²) in [5.41, 5.74) is 17.2. The molecule has 3 atom stereocenters. The van der Waals surface area contributed by atoms with Gasteiger partial charge in [0, 0.05) is 29.9 Å². The summed E-state index contributed by atoms with van der Waals surface area (Å²) in [6, 6.07) is 26.4. The summed E-state index contributed by atoms with van der Waals surface area (Å²) < 4.78 is 11.1. The van der Waals surface area contributed by atoms with Gasteiger partial charge in [0.25, 0.3) is 0 Å². The highest BCUT2D eigenvalue weighted by Gasteiger charge is 2.32. The maximum atomic E-state index is 13.7. The molecular formula is C47H57N7O9. The number of nitrogens with one attached hydrogen (secondary N) is 5. The van der Waals surface area contributed by atoms with E-state index in [9.17, 15) is 33.9 Å². The van der Waals surface area contributed by atoms with Crippen molar-refractivity contribution < 1.29 is 43.3 Å². The van der Waals surface area contributed by atoms with Crippen LogP contribution < -0.4 is 38.1 Å². The normalized spacial score (nSPS) is 13.4. The number of nitrogens with two attached hydrogens (primary N) is 2. The first-order valence-electron chi connectivity index (χ1n) is 20.9. The third-order valence-electron chi connectivity index (χ3n) is 10.8. The van der Waals surface area contributed by atoms with Crippen LogP contribution in [0.25, 0.3) is 11.1 Å². The van der Waals surface area contributed by atoms with Crippen LogP contribution in [0.5, 0.6) is 0 Å². The quantitative estimate of drug-likeness (QED) is 0.0464. The number of amides is 6. The lowest BCUT2D eigenvalue weighted by Crippen LogP contribution is -2.54. The van der Waals surface area contributed by atoms with Crippen LogP contribution in [0.3, 0.4) is 0 Å². The van der Waals surface area contributed by atoms with Gasteiger partial charge >= 0.3 is 24.2 Å². The largest absolute Gasteiger partial charge is 0.481 e. The Morgan fingerprint density at radius 1 is 0.730 bits per heavy atom. The Bertz CT molecular complexity index is 2200. The van der Waals surface area contributed by atoms with Crippen LogP contribution in [0, 0.1) is 11.3 Å². The molecule has 0 heterocycles. The number of urea groups is 1. The number of carbonyl (C=O) groups excluding carboxylic acids is 5. The SMILES string of the molecule is CC(C)[C@H](NC(=O)OCC1c2ccccc2-c2ccccc21)C(=O)N[C@@H](CCCNC(N)=O)C(=O)Nc1ccc(COC(=O)Nc2ccc(C[C@H](N)CC(C)(C)C(=O)O)cc2)cc1. The number of anilines is 2. The van der Waals surface area contributed by atoms with E-state index >= 15 is 0 Å². The number of hydrogen-bond donors (Lipinski definition) is 8. The van der Waals surface area contributed by atoms with Crippen molar-refractivity contribution in [2.45, 2.75) is 84.0 Å². The predicted molar refractivity (Wildman–Crippen MR) is 239 cm³/mol. The number of rotatable bonds is 20. The van der Waals surface area contributed by atoms with E-state index in [2.05, 4.69) is 26.6 Å². The molecule has 10 N–H and O–H groups in total. The molecule has 0 spiro atoms. The first-order valence-corrected chi connectivity index (χ1v) is 20.9. The molecule has 16 heteroatoms. The summed E-state index contributed by atoms with van der Waals surface area (Å²) in [5.74, 6) is -2.58. The molecule has 0 fully saturated rings. The first kappa shape index (κ1) is 47.1. The summed E-state index contributed by atoms with van der Waals surface area (Å²) in [5, 5.41) is 22.8. The molecule has 4 aromatic rings. The Labute approximate surface area is 366 Å². The van der Waals surface area contributed by atoms with Gasteiger partial charge in [0.2, 0.25) is 11.8 Å². The highest BCUT2D eigenvalue weighted by atomic mass is 16.6. The average molecular weight is 864 g/mol. The van der Waals surface area contributed by atoms with E-state index in [1.165, 1.54) is 0 Å². The first-order chi connectivity index (χ1) is 30.0. The lowest BCUT2D eigenvalue weighted by molar-refractivity contribution is -0.147. The number of alkyl carbamates (subject to hydrolysis) is 1. The molecule has 0 bridgehead atoms. The van der Waals surface area contributed by atoms with Crippen LogP contribution in [0.4, 0.5) is 25.8 Å². The average Bonchev–Trinajstić information content (AvgIpc) is 3.56. The maximum absolute atomic E-state index is 13.7. The van der Waals surface area contributed by atoms with Crippen molar-refractivity contribution in [1.29, 1.82) is 0 Å². The number of benzene rings is 4. The predicted octanol–water partition coefficient (Wildman–Crippen LogP) is 6.24. The fourth-order valence-corrected chi connectivity index (χ4v) is 7.41. The summed E-state index contributed by atoms with van der Waals surface area (Å²) in [6.45, 7) is 6.96. The molecular weight excluding hydrogens is 807 g/mol. The van der Waals surface area contributed by atoms with Gasteiger partial charge < -0.3 is 47.3 Å². The van der Waals surface area contributed by atoms with Gasteiger partial charge in [-0.15, -0.1) is 0 Å². The van der Waals surface area contributed by atoms with Crippen molar-refractivity contribution in [3.8, 4) is 11.1 Å². The van der Waals surface area contributed by atoms with Gasteiger partial charge in [-0.1, -0.05) is 86.6 Å². The van der Waals surface area contributed by atoms with Crippen LogP contribution in [0.15, 0.2) is 97.1 Å². The Balaban J connectivity index is 1.12. The molecule has 334 valence electrons. The molecule has 1 aliphatic carbocycles. The second-order valence-corrected chi connectivity index (χ2v) is 16.6. The number of aliphatic carboxylic acids is 1. The zero-order chi connectivity index (χ0) is 45.7. The summed E-state index contributed by atoms with van der Waals surface area (Å²) in [7, 11) is 0. The number of primary amides is 1. The number of carboxylic acids is 1. The Morgan fingerprint density at radius 2 is 1.30 bits per heavy atom. The summed E-state index contributed by atoms with van der Waals surface area (Å²) in [6.07, 6.45) is -0.232. The molecule has 16 nitrogen and oxygen atoms in total. The minimum absolute atomic E-state index is 0.0623. The van der Waals surface area contributed by atoms with E-state index < -0.39 is 53.5 Å². The number of carbonyl (C=O) groups is 6. The smallest absolute Gasteiger partial charge is 0.411 e. The van der Waals surface area contributed by atoms with E-state index in [4.69, 9.17) is 20.9 Å². The van der Waals surface area contributed by atoms with E-state index in [-0.39, 0.29) is 44.1 Å². The highest BCUT2D eigenvalue weighted by molar-refractivity contribution is 5.98. The summed E-state index contributed by atoms with van der Waals surface area (Å²) >= 11 is 0. The number of hydrogen-bond acceptors (Lipinski definition) is 9. The zero-order valence-electron chi connectivity index (χ0n) is 35.9. The molecule has 0 saturated heterocycles. The minimum atomic E-state index is -1.06. The lowest BCUT2D eigenvalue weighted by Gasteiger charge is -2.25. The molecule has 63 heavy (non-hydrogen) atoms. The van der Waals surface area contributed by atoms with Gasteiger partial charge in [-0.3, -0.25) is 19.7 Å². The van der Waals surface area contributed by atoms with Crippen molar-refractivity contribution in [2.24, 2.45) is 22.8 Å². The minimum Gasteiger partial charge on any atom is -0.481 e. The van der Waals surface area contributed by atoms with Crippen molar-refractivity contribution in [3.63, 3.8) is 0 Å². The maximum Gasteiger partial charge on any atom is 0.411 e. The third-order valence-corrected chi connectivity index (χ3v) is 10.8. The molecule has 1 aliphatic rings. The third kappa shape index (κ3) is 13.5. The molecule has 6 amide bonds. The second-order valence-electron chi connectivity index (χ2n) is 16.6. The van der Waals surface area contributed by atoms with Gasteiger partial charge in [-0.2, -0.15) is 0 Å². The highest BCUT2D eigenvalue weighted by Crippen LogP contribution is 2.44. The van der Waals surface area contributed by atoms with Crippen molar-refractivity contribution in [3.05, 3.63) is 119 Å². The Kier molecular flexibility index (Phi) is 16.2. The molecule has 5 rings (SSSR count). The van der Waals surface area contributed by atoms with Crippen LogP contribution in [0.1, 0.15) is 75.1 Å². The molecule has 0 saturated carbocycles. The van der Waals surface area contributed by atoms with Gasteiger partial charge in [0.05, 0.1) is 5.41 Å². The van der Waals surface area contributed by atoms with Crippen LogP contribution in [-0.2, 0) is 36.9 Å². The molecule has 0 aliphatic heterocycles. The van der Waals surface area contributed by atoms with Crippen molar-refractivity contribution in [2.75, 3.05) is 23.8 Å². The molecule has 4 aromatic carbocycles. The van der Waals surface area contributed by atoms with Crippen LogP contribution in [0.2, 0.25) is 0 Å². The van der Waals surface area contributed by atoms with E-state index in [1.807, 2.05) is 48.5 Å². The van der Waals surface area contributed by atoms with Crippen molar-refractivity contribution in [1.82, 2.24) is 16.0 Å². The van der Waals surface area contributed by atoms with E-state index in [1.54, 1.807) is 76.2 Å². The lowest BCUT2D eigenvalue weighted by atomic mass is 9.84. The molecule has 0 aromatic heterocycles. The number of fused-ring (bicyclic) bond motifs is 3. The number of ether oxygens (including phenoxy) is 2. The fraction of sp³-hybridized carbons (Fsp3) is 0.362. The molecule has 0 radical (unpaired) electrons. The monoisotopic (exact) mass is 863 g/mol. The van der Waals surface area contributed by atoms with Gasteiger partial charge in [0.1, 0.15) is 25.3 Å². The fourth-order valence-electron chi connectivity index (χ4n) is 7.41. The second kappa shape index (κ2) is 21.7. The van der Waals surface area contributed by atoms with Crippen LogP contribution >= 0.6 is 0 Å². The number of carboxylic acid groups (broad SMARTS) is 1. The van der Waals surface area contributed by atoms with Crippen molar-refractivity contribution >= 4 is 47.4 Å². The van der Waals surface area contributed by atoms with Gasteiger partial charge in [0.15, 0.2) is 0 Å². The van der Waals surface area contributed by atoms with E-state index in [0.717, 1.165) is 27.8 Å². The Morgan fingerprint density at radius 3 is 1.87 bits per heavy atom. The zero-order valence-corrected chi connectivity index (χ0v) is 35.9. The van der Waals surface area contributed by atoms with Gasteiger partial charge in [-0.25, -0.2) is 14.4 Å². The Hall–Kier alpha value is -6.94. The van der Waals surface area contributed by atoms with Gasteiger partial charge in [-0.05, 0) is 103 Å². The standard InChI is InChI=1S/C47H57N7O9/c1-28(2)40(54-46(61)63-27-38-36-12-7-5-10-34(36)35-11-6-8-13-37(35)38)42(56)53-39(14-9-23-50-44(49)59)41(55)51-32-21-17-30(18-22-32)26-62-45(60)52-33-19-15-29(16-20-33)24-31(48)25-47(3,4)43(57)58/h5-8,10-13,15-22,28,31,38-40H,9,14,23-27,48H2,1-4H3,(H,51,55)(H,52,60)(H,53,56)(H,54,61)(H,57,58)(H3,49,50,59)/t31-,39-,40-/m0/s1. The topological polar surface area (TPSA) is 253 Å². The van der Waals surface area contributed by atoms with Crippen LogP contribution in [-0.4, -0.2) is 72.4 Å². The van der Waals surface area contributed by atoms with E-state index in [0.29, 0.717) is 36.2 Å².